The van der Waals surface area contributed by atoms with Gasteiger partial charge in [0.05, 0.1) is 6.54 Å². The maximum atomic E-state index is 12.9. The minimum atomic E-state index is -4.11. The Morgan fingerprint density at radius 3 is 2.33 bits per heavy atom. The topological polar surface area (TPSA) is 15.3 Å². The molecule has 0 amide bonds. The predicted octanol–water partition coefficient (Wildman–Crippen LogP) is 4.21. The molecule has 0 bridgehead atoms. The average molecular weight is 308 g/mol. The molecule has 1 aliphatic rings. The van der Waals surface area contributed by atoms with E-state index in [1.807, 2.05) is 13.8 Å². The SMILES string of the molecule is CCCC1CCC(NCC)C(N(CCC)CC(F)(F)F)C1. The molecule has 0 aromatic heterocycles. The Kier molecular flexibility index (Phi) is 8.03. The van der Waals surface area contributed by atoms with Crippen LogP contribution in [0.25, 0.3) is 0 Å². The minimum Gasteiger partial charge on any atom is -0.313 e. The summed E-state index contributed by atoms with van der Waals surface area (Å²) in [6.45, 7) is 6.73. The zero-order chi connectivity index (χ0) is 15.9. The van der Waals surface area contributed by atoms with Crippen LogP contribution in [0, 0.1) is 5.92 Å². The number of rotatable bonds is 8. The average Bonchev–Trinajstić information content (AvgIpc) is 2.39. The monoisotopic (exact) mass is 308 g/mol. The molecular formula is C16H31F3N2. The number of alkyl halides is 3. The van der Waals surface area contributed by atoms with Crippen molar-refractivity contribution < 1.29 is 13.2 Å². The van der Waals surface area contributed by atoms with Crippen molar-refractivity contribution in [2.24, 2.45) is 5.92 Å². The van der Waals surface area contributed by atoms with E-state index >= 15 is 0 Å². The first-order chi connectivity index (χ1) is 9.91. The number of nitrogens with zero attached hydrogens (tertiary/aromatic N) is 1. The molecular weight excluding hydrogens is 277 g/mol. The molecule has 1 fully saturated rings. The Balaban J connectivity index is 2.79. The van der Waals surface area contributed by atoms with Gasteiger partial charge in [0.25, 0.3) is 0 Å². The smallest absolute Gasteiger partial charge is 0.313 e. The lowest BCUT2D eigenvalue weighted by atomic mass is 9.79. The van der Waals surface area contributed by atoms with Crippen LogP contribution in [0.5, 0.6) is 0 Å². The van der Waals surface area contributed by atoms with E-state index in [9.17, 15) is 13.2 Å². The fourth-order valence-corrected chi connectivity index (χ4v) is 3.69. The van der Waals surface area contributed by atoms with Gasteiger partial charge in [0.1, 0.15) is 0 Å². The van der Waals surface area contributed by atoms with Crippen LogP contribution in [0.3, 0.4) is 0 Å². The molecule has 126 valence electrons. The van der Waals surface area contributed by atoms with Crippen LogP contribution in [-0.2, 0) is 0 Å². The van der Waals surface area contributed by atoms with Gasteiger partial charge in [0, 0.05) is 12.1 Å². The summed E-state index contributed by atoms with van der Waals surface area (Å²) >= 11 is 0. The molecule has 0 aliphatic heterocycles. The van der Waals surface area contributed by atoms with Crippen LogP contribution in [0.1, 0.15) is 59.3 Å². The summed E-state index contributed by atoms with van der Waals surface area (Å²) < 4.78 is 38.6. The molecule has 3 atom stereocenters. The standard InChI is InChI=1S/C16H31F3N2/c1-4-7-13-8-9-14(20-6-3)15(11-13)21(10-5-2)12-16(17,18)19/h13-15,20H,4-12H2,1-3H3. The number of hydrogen-bond acceptors (Lipinski definition) is 2. The number of halogens is 3. The van der Waals surface area contributed by atoms with E-state index in [1.165, 1.54) is 0 Å². The molecule has 0 radical (unpaired) electrons. The molecule has 1 aliphatic carbocycles. The molecule has 0 aromatic carbocycles. The fraction of sp³-hybridized carbons (Fsp3) is 1.00. The molecule has 0 heterocycles. The Hall–Kier alpha value is -0.290. The Bertz CT molecular complexity index is 281. The molecule has 2 nitrogen and oxygen atoms in total. The third kappa shape index (κ3) is 6.55. The second-order valence-corrected chi connectivity index (χ2v) is 6.28. The summed E-state index contributed by atoms with van der Waals surface area (Å²) in [6.07, 6.45) is 1.97. The summed E-state index contributed by atoms with van der Waals surface area (Å²) in [5.41, 5.74) is 0. The van der Waals surface area contributed by atoms with Crippen molar-refractivity contribution in [2.45, 2.75) is 77.6 Å². The Morgan fingerprint density at radius 1 is 1.10 bits per heavy atom. The molecule has 3 unspecified atom stereocenters. The van der Waals surface area contributed by atoms with Crippen LogP contribution in [0.15, 0.2) is 0 Å². The molecule has 1 rings (SSSR count). The van der Waals surface area contributed by atoms with Crippen LogP contribution in [-0.4, -0.2) is 42.8 Å². The van der Waals surface area contributed by atoms with Gasteiger partial charge in [0.15, 0.2) is 0 Å². The maximum Gasteiger partial charge on any atom is 0.401 e. The highest BCUT2D eigenvalue weighted by molar-refractivity contribution is 4.91. The van der Waals surface area contributed by atoms with E-state index in [2.05, 4.69) is 12.2 Å². The third-order valence-electron chi connectivity index (χ3n) is 4.45. The number of hydrogen-bond donors (Lipinski definition) is 1. The second kappa shape index (κ2) is 8.99. The normalized spacial score (nSPS) is 27.3. The predicted molar refractivity (Wildman–Crippen MR) is 81.4 cm³/mol. The van der Waals surface area contributed by atoms with Gasteiger partial charge in [-0.05, 0) is 44.7 Å². The summed E-state index contributed by atoms with van der Waals surface area (Å²) in [4.78, 5) is 1.68. The van der Waals surface area contributed by atoms with E-state index in [0.29, 0.717) is 12.5 Å². The van der Waals surface area contributed by atoms with E-state index < -0.39 is 12.7 Å². The number of likely N-dealkylation sites (N-methyl/N-ethyl adjacent to an activating group) is 1. The summed E-state index contributed by atoms with van der Waals surface area (Å²) in [7, 11) is 0. The van der Waals surface area contributed by atoms with Crippen LogP contribution < -0.4 is 5.32 Å². The van der Waals surface area contributed by atoms with Gasteiger partial charge in [-0.25, -0.2) is 0 Å². The first kappa shape index (κ1) is 18.8. The van der Waals surface area contributed by atoms with Crippen molar-refractivity contribution in [3.05, 3.63) is 0 Å². The van der Waals surface area contributed by atoms with Crippen molar-refractivity contribution in [1.82, 2.24) is 10.2 Å². The largest absolute Gasteiger partial charge is 0.401 e. The lowest BCUT2D eigenvalue weighted by Crippen LogP contribution is -2.55. The highest BCUT2D eigenvalue weighted by Gasteiger charge is 2.38. The molecule has 0 spiro atoms. The highest BCUT2D eigenvalue weighted by Crippen LogP contribution is 2.32. The van der Waals surface area contributed by atoms with Gasteiger partial charge in [-0.1, -0.05) is 33.6 Å². The fourth-order valence-electron chi connectivity index (χ4n) is 3.69. The first-order valence-electron chi connectivity index (χ1n) is 8.45. The number of nitrogens with one attached hydrogen (secondary N) is 1. The van der Waals surface area contributed by atoms with Crippen LogP contribution in [0.4, 0.5) is 13.2 Å². The maximum absolute atomic E-state index is 12.9. The van der Waals surface area contributed by atoms with Gasteiger partial charge in [0.2, 0.25) is 0 Å². The molecule has 0 saturated heterocycles. The minimum absolute atomic E-state index is 0.0248. The Morgan fingerprint density at radius 2 is 1.81 bits per heavy atom. The van der Waals surface area contributed by atoms with E-state index in [4.69, 9.17) is 0 Å². The lowest BCUT2D eigenvalue weighted by Gasteiger charge is -2.43. The Labute approximate surface area is 127 Å². The van der Waals surface area contributed by atoms with Crippen molar-refractivity contribution in [1.29, 1.82) is 0 Å². The van der Waals surface area contributed by atoms with Crippen LogP contribution in [0.2, 0.25) is 0 Å². The second-order valence-electron chi connectivity index (χ2n) is 6.28. The molecule has 21 heavy (non-hydrogen) atoms. The zero-order valence-electron chi connectivity index (χ0n) is 13.7. The van der Waals surface area contributed by atoms with E-state index in [0.717, 1.165) is 45.1 Å². The van der Waals surface area contributed by atoms with Crippen molar-refractivity contribution in [3.8, 4) is 0 Å². The van der Waals surface area contributed by atoms with Gasteiger partial charge in [-0.2, -0.15) is 13.2 Å². The molecule has 0 aromatic rings. The third-order valence-corrected chi connectivity index (χ3v) is 4.45. The van der Waals surface area contributed by atoms with E-state index in [1.54, 1.807) is 4.90 Å². The molecule has 1 saturated carbocycles. The summed E-state index contributed by atoms with van der Waals surface area (Å²) in [6, 6.07) is 0.230. The molecule has 5 heteroatoms. The van der Waals surface area contributed by atoms with Crippen LogP contribution >= 0.6 is 0 Å². The highest BCUT2D eigenvalue weighted by atomic mass is 19.4. The van der Waals surface area contributed by atoms with Crippen molar-refractivity contribution in [2.75, 3.05) is 19.6 Å². The summed E-state index contributed by atoms with van der Waals surface area (Å²) in [5.74, 6) is 0.586. The van der Waals surface area contributed by atoms with Crippen molar-refractivity contribution >= 4 is 0 Å². The zero-order valence-corrected chi connectivity index (χ0v) is 13.7. The first-order valence-corrected chi connectivity index (χ1v) is 8.45. The van der Waals surface area contributed by atoms with Gasteiger partial charge in [-0.3, -0.25) is 4.90 Å². The lowest BCUT2D eigenvalue weighted by molar-refractivity contribution is -0.154. The summed E-state index contributed by atoms with van der Waals surface area (Å²) in [5, 5.41) is 3.41. The van der Waals surface area contributed by atoms with Gasteiger partial charge < -0.3 is 5.32 Å². The molecule has 1 N–H and O–H groups in total. The van der Waals surface area contributed by atoms with Gasteiger partial charge in [-0.15, -0.1) is 0 Å². The quantitative estimate of drug-likeness (QED) is 0.722. The van der Waals surface area contributed by atoms with Crippen molar-refractivity contribution in [3.63, 3.8) is 0 Å². The van der Waals surface area contributed by atoms with Gasteiger partial charge >= 0.3 is 6.18 Å². The van der Waals surface area contributed by atoms with E-state index in [-0.39, 0.29) is 12.1 Å².